The SMILES string of the molecule is CCCCCCCCCCC1(CCCCC(=O)OCC(C)OC(=O)CCCCC2(CCCCCCCCCC)N=N2)N=N1. The van der Waals surface area contributed by atoms with E-state index < -0.39 is 6.10 Å². The van der Waals surface area contributed by atoms with Crippen molar-refractivity contribution < 1.29 is 19.1 Å². The fourth-order valence-electron chi connectivity index (χ4n) is 5.83. The van der Waals surface area contributed by atoms with Crippen LogP contribution >= 0.6 is 0 Å². The maximum absolute atomic E-state index is 12.2. The third-order valence-electron chi connectivity index (χ3n) is 8.85. The lowest BCUT2D eigenvalue weighted by Crippen LogP contribution is -2.22. The monoisotopic (exact) mass is 604 g/mol. The smallest absolute Gasteiger partial charge is 0.306 e. The van der Waals surface area contributed by atoms with Gasteiger partial charge < -0.3 is 9.47 Å². The molecule has 1 unspecified atom stereocenters. The van der Waals surface area contributed by atoms with Gasteiger partial charge in [-0.05, 0) is 71.1 Å². The second kappa shape index (κ2) is 22.6. The normalized spacial score (nSPS) is 16.3. The average molecular weight is 605 g/mol. The van der Waals surface area contributed by atoms with Crippen LogP contribution in [-0.4, -0.2) is 36.0 Å². The first kappa shape index (κ1) is 37.3. The molecule has 0 N–H and O–H groups in total. The zero-order valence-electron chi connectivity index (χ0n) is 28.1. The van der Waals surface area contributed by atoms with Gasteiger partial charge in [0, 0.05) is 12.8 Å². The molecular weight excluding hydrogens is 540 g/mol. The lowest BCUT2D eigenvalue weighted by molar-refractivity contribution is -0.158. The van der Waals surface area contributed by atoms with Gasteiger partial charge in [0.2, 0.25) is 0 Å². The minimum absolute atomic E-state index is 0.108. The number of esters is 2. The summed E-state index contributed by atoms with van der Waals surface area (Å²) in [6.07, 6.45) is 28.6. The van der Waals surface area contributed by atoms with Crippen molar-refractivity contribution >= 4 is 11.9 Å². The summed E-state index contributed by atoms with van der Waals surface area (Å²) in [5, 5.41) is 17.3. The van der Waals surface area contributed by atoms with Crippen molar-refractivity contribution in [3.63, 3.8) is 0 Å². The van der Waals surface area contributed by atoms with Crippen molar-refractivity contribution in [1.29, 1.82) is 0 Å². The summed E-state index contributed by atoms with van der Waals surface area (Å²) >= 11 is 0. The van der Waals surface area contributed by atoms with Crippen molar-refractivity contribution in [3.05, 3.63) is 0 Å². The summed E-state index contributed by atoms with van der Waals surface area (Å²) in [5.74, 6) is -0.465. The zero-order valence-corrected chi connectivity index (χ0v) is 28.1. The summed E-state index contributed by atoms with van der Waals surface area (Å²) in [7, 11) is 0. The summed E-state index contributed by atoms with van der Waals surface area (Å²) in [5.41, 5.74) is -0.325. The lowest BCUT2D eigenvalue weighted by Gasteiger charge is -2.14. The van der Waals surface area contributed by atoms with Crippen molar-refractivity contribution in [2.75, 3.05) is 6.61 Å². The number of unbranched alkanes of at least 4 members (excludes halogenated alkanes) is 16. The molecule has 0 aliphatic carbocycles. The zero-order chi connectivity index (χ0) is 31.1. The quantitative estimate of drug-likeness (QED) is 0.0580. The van der Waals surface area contributed by atoms with Crippen LogP contribution < -0.4 is 0 Å². The Morgan fingerprint density at radius 1 is 0.512 bits per heavy atom. The Hall–Kier alpha value is -1.86. The van der Waals surface area contributed by atoms with Crippen LogP contribution in [0.3, 0.4) is 0 Å². The van der Waals surface area contributed by atoms with E-state index >= 15 is 0 Å². The Morgan fingerprint density at radius 2 is 0.860 bits per heavy atom. The van der Waals surface area contributed by atoms with Crippen LogP contribution in [0.15, 0.2) is 20.5 Å². The first-order valence-electron chi connectivity index (χ1n) is 18.2. The van der Waals surface area contributed by atoms with Gasteiger partial charge in [0.25, 0.3) is 0 Å². The first-order chi connectivity index (χ1) is 20.9. The maximum atomic E-state index is 12.2. The Labute approximate surface area is 263 Å². The lowest BCUT2D eigenvalue weighted by atomic mass is 9.98. The Bertz CT molecular complexity index is 804. The highest BCUT2D eigenvalue weighted by atomic mass is 16.6. The summed E-state index contributed by atoms with van der Waals surface area (Å²) in [6.45, 7) is 6.39. The molecule has 8 nitrogen and oxygen atoms in total. The molecular formula is C35H64N4O4. The molecule has 2 rings (SSSR count). The van der Waals surface area contributed by atoms with Gasteiger partial charge in [0.1, 0.15) is 12.7 Å². The van der Waals surface area contributed by atoms with Crippen molar-refractivity contribution in [3.8, 4) is 0 Å². The third-order valence-corrected chi connectivity index (χ3v) is 8.85. The van der Waals surface area contributed by atoms with E-state index in [1.54, 1.807) is 6.92 Å². The van der Waals surface area contributed by atoms with E-state index in [4.69, 9.17) is 9.47 Å². The van der Waals surface area contributed by atoms with Crippen LogP contribution in [0.4, 0.5) is 0 Å². The van der Waals surface area contributed by atoms with E-state index in [1.807, 2.05) is 0 Å². The fraction of sp³-hybridized carbons (Fsp3) is 0.943. The molecule has 0 bridgehead atoms. The van der Waals surface area contributed by atoms with Gasteiger partial charge in [-0.15, -0.1) is 0 Å². The van der Waals surface area contributed by atoms with Gasteiger partial charge in [0.05, 0.1) is 0 Å². The Balaban J connectivity index is 1.39. The molecule has 2 aliphatic heterocycles. The molecule has 1 atom stereocenters. The highest BCUT2D eigenvalue weighted by Gasteiger charge is 2.39. The molecule has 0 amide bonds. The second-order valence-electron chi connectivity index (χ2n) is 13.2. The van der Waals surface area contributed by atoms with Gasteiger partial charge >= 0.3 is 11.9 Å². The van der Waals surface area contributed by atoms with E-state index in [0.717, 1.165) is 51.4 Å². The molecule has 0 saturated heterocycles. The highest BCUT2D eigenvalue weighted by molar-refractivity contribution is 5.70. The number of nitrogens with zero attached hydrogens (tertiary/aromatic N) is 4. The molecule has 2 heterocycles. The molecule has 0 aromatic rings. The number of carbonyl (C=O) groups excluding carboxylic acids is 2. The molecule has 8 heteroatoms. The van der Waals surface area contributed by atoms with Gasteiger partial charge in [0.15, 0.2) is 11.3 Å². The largest absolute Gasteiger partial charge is 0.462 e. The summed E-state index contributed by atoms with van der Waals surface area (Å²) in [6, 6.07) is 0. The summed E-state index contributed by atoms with van der Waals surface area (Å²) in [4.78, 5) is 24.4. The molecule has 2 aliphatic rings. The Kier molecular flexibility index (Phi) is 19.6. The number of hydrogen-bond donors (Lipinski definition) is 0. The molecule has 43 heavy (non-hydrogen) atoms. The highest BCUT2D eigenvalue weighted by Crippen LogP contribution is 2.39. The van der Waals surface area contributed by atoms with Gasteiger partial charge in [-0.1, -0.05) is 104 Å². The van der Waals surface area contributed by atoms with Crippen molar-refractivity contribution in [2.45, 2.75) is 205 Å². The predicted molar refractivity (Wildman–Crippen MR) is 173 cm³/mol. The number of rotatable bonds is 31. The minimum atomic E-state index is -0.433. The molecule has 0 aromatic heterocycles. The third kappa shape index (κ3) is 19.2. The first-order valence-corrected chi connectivity index (χ1v) is 18.2. The number of carbonyl (C=O) groups is 2. The molecule has 0 saturated carbocycles. The molecule has 0 fully saturated rings. The van der Waals surface area contributed by atoms with Crippen LogP contribution in [0.2, 0.25) is 0 Å². The molecule has 0 radical (unpaired) electrons. The maximum Gasteiger partial charge on any atom is 0.306 e. The minimum Gasteiger partial charge on any atom is -0.462 e. The second-order valence-corrected chi connectivity index (χ2v) is 13.2. The van der Waals surface area contributed by atoms with Crippen LogP contribution in [0.25, 0.3) is 0 Å². The van der Waals surface area contributed by atoms with E-state index in [1.165, 1.54) is 103 Å². The van der Waals surface area contributed by atoms with Crippen LogP contribution in [0.5, 0.6) is 0 Å². The number of ether oxygens (including phenoxy) is 2. The van der Waals surface area contributed by atoms with Crippen molar-refractivity contribution in [2.24, 2.45) is 20.5 Å². The van der Waals surface area contributed by atoms with E-state index in [-0.39, 0.29) is 29.9 Å². The van der Waals surface area contributed by atoms with Crippen LogP contribution in [-0.2, 0) is 19.1 Å². The van der Waals surface area contributed by atoms with Gasteiger partial charge in [-0.3, -0.25) is 9.59 Å². The van der Waals surface area contributed by atoms with Crippen LogP contribution in [0, 0.1) is 0 Å². The Morgan fingerprint density at radius 3 is 1.26 bits per heavy atom. The fourth-order valence-corrected chi connectivity index (χ4v) is 5.83. The van der Waals surface area contributed by atoms with E-state index in [0.29, 0.717) is 12.8 Å². The molecule has 248 valence electrons. The standard InChI is InChI=1S/C35H64N4O4/c1-4-6-8-10-12-14-16-20-26-34(36-37-34)28-22-18-24-32(40)42-30-31(3)43-33(41)25-19-23-29-35(38-39-35)27-21-17-15-13-11-9-7-5-2/h31H,4-30H2,1-3H3. The van der Waals surface area contributed by atoms with Crippen molar-refractivity contribution in [1.82, 2.24) is 0 Å². The number of hydrogen-bond acceptors (Lipinski definition) is 8. The predicted octanol–water partition coefficient (Wildman–Crippen LogP) is 11.0. The van der Waals surface area contributed by atoms with Crippen LogP contribution in [0.1, 0.15) is 188 Å². The van der Waals surface area contributed by atoms with Gasteiger partial charge in [-0.2, -0.15) is 20.5 Å². The van der Waals surface area contributed by atoms with Gasteiger partial charge in [-0.25, -0.2) is 0 Å². The molecule has 0 spiro atoms. The topological polar surface area (TPSA) is 102 Å². The van der Waals surface area contributed by atoms with E-state index in [2.05, 4.69) is 34.3 Å². The average Bonchev–Trinajstić information content (AvgIpc) is 3.93. The summed E-state index contributed by atoms with van der Waals surface area (Å²) < 4.78 is 10.8. The van der Waals surface area contributed by atoms with E-state index in [9.17, 15) is 9.59 Å². The molecule has 0 aromatic carbocycles.